The van der Waals surface area contributed by atoms with Crippen LogP contribution in [0.15, 0.2) is 18.6 Å². The summed E-state index contributed by atoms with van der Waals surface area (Å²) in [7, 11) is 0. The van der Waals surface area contributed by atoms with Crippen LogP contribution in [-0.2, 0) is 0 Å². The maximum Gasteiger partial charge on any atom is 0.274 e. The summed E-state index contributed by atoms with van der Waals surface area (Å²) in [6.07, 6.45) is 5.79. The summed E-state index contributed by atoms with van der Waals surface area (Å²) in [5, 5.41) is 3.35. The maximum atomic E-state index is 12.4. The Kier molecular flexibility index (Phi) is 2.55. The lowest BCUT2D eigenvalue weighted by molar-refractivity contribution is 0.0675. The first-order valence-electron chi connectivity index (χ1n) is 6.07. The standard InChI is InChI=1S/C12H16N4O/c1-8-4-9-5-14-7-11(9)16(8)12(17)10-6-13-2-3-15-10/h2-3,6,8-9,11,14H,4-5,7H2,1H3. The van der Waals surface area contributed by atoms with E-state index in [4.69, 9.17) is 0 Å². The van der Waals surface area contributed by atoms with E-state index in [0.717, 1.165) is 19.5 Å². The minimum absolute atomic E-state index is 0.0156. The van der Waals surface area contributed by atoms with Gasteiger partial charge in [-0.25, -0.2) is 4.98 Å². The Morgan fingerprint density at radius 2 is 2.35 bits per heavy atom. The van der Waals surface area contributed by atoms with Crippen molar-refractivity contribution in [2.45, 2.75) is 25.4 Å². The van der Waals surface area contributed by atoms with Crippen molar-refractivity contribution >= 4 is 5.91 Å². The van der Waals surface area contributed by atoms with Gasteiger partial charge in [0.25, 0.3) is 5.91 Å². The largest absolute Gasteiger partial charge is 0.330 e. The molecule has 3 unspecified atom stereocenters. The summed E-state index contributed by atoms with van der Waals surface area (Å²) >= 11 is 0. The number of rotatable bonds is 1. The smallest absolute Gasteiger partial charge is 0.274 e. The van der Waals surface area contributed by atoms with Gasteiger partial charge in [-0.05, 0) is 19.3 Å². The van der Waals surface area contributed by atoms with Gasteiger partial charge in [0.05, 0.1) is 6.20 Å². The highest BCUT2D eigenvalue weighted by Gasteiger charge is 2.44. The summed E-state index contributed by atoms with van der Waals surface area (Å²) < 4.78 is 0. The van der Waals surface area contributed by atoms with Crippen LogP contribution < -0.4 is 5.32 Å². The molecule has 1 aromatic heterocycles. The van der Waals surface area contributed by atoms with E-state index < -0.39 is 0 Å². The average Bonchev–Trinajstić information content (AvgIpc) is 2.89. The van der Waals surface area contributed by atoms with Gasteiger partial charge in [0.1, 0.15) is 5.69 Å². The van der Waals surface area contributed by atoms with Gasteiger partial charge < -0.3 is 10.2 Å². The maximum absolute atomic E-state index is 12.4. The average molecular weight is 232 g/mol. The molecule has 0 saturated carbocycles. The predicted molar refractivity (Wildman–Crippen MR) is 62.4 cm³/mol. The van der Waals surface area contributed by atoms with Gasteiger partial charge in [-0.2, -0.15) is 0 Å². The molecule has 2 aliphatic rings. The van der Waals surface area contributed by atoms with Crippen molar-refractivity contribution in [2.24, 2.45) is 5.92 Å². The van der Waals surface area contributed by atoms with Crippen LogP contribution in [0, 0.1) is 5.92 Å². The minimum Gasteiger partial charge on any atom is -0.330 e. The summed E-state index contributed by atoms with van der Waals surface area (Å²) in [5.41, 5.74) is 0.451. The lowest BCUT2D eigenvalue weighted by atomic mass is 10.0. The molecule has 2 aliphatic heterocycles. The van der Waals surface area contributed by atoms with Crippen LogP contribution in [0.1, 0.15) is 23.8 Å². The Morgan fingerprint density at radius 3 is 3.12 bits per heavy atom. The molecule has 2 fully saturated rings. The molecule has 90 valence electrons. The van der Waals surface area contributed by atoms with Gasteiger partial charge in [-0.3, -0.25) is 9.78 Å². The summed E-state index contributed by atoms with van der Waals surface area (Å²) in [6, 6.07) is 0.640. The van der Waals surface area contributed by atoms with Crippen LogP contribution in [-0.4, -0.2) is 45.9 Å². The number of carbonyl (C=O) groups excluding carboxylic acids is 1. The Balaban J connectivity index is 1.86. The number of nitrogens with zero attached hydrogens (tertiary/aromatic N) is 3. The second-order valence-corrected chi connectivity index (χ2v) is 4.87. The Labute approximate surface area is 100 Å². The molecule has 0 aromatic carbocycles. The van der Waals surface area contributed by atoms with E-state index in [-0.39, 0.29) is 5.91 Å². The van der Waals surface area contributed by atoms with E-state index >= 15 is 0 Å². The Morgan fingerprint density at radius 1 is 1.47 bits per heavy atom. The predicted octanol–water partition coefficient (Wildman–Crippen LogP) is 0.299. The summed E-state index contributed by atoms with van der Waals surface area (Å²) in [5.74, 6) is 0.618. The van der Waals surface area contributed by atoms with E-state index in [1.807, 2.05) is 4.90 Å². The molecule has 3 heterocycles. The first-order valence-corrected chi connectivity index (χ1v) is 6.07. The van der Waals surface area contributed by atoms with Crippen molar-refractivity contribution in [1.82, 2.24) is 20.2 Å². The third-order valence-corrected chi connectivity index (χ3v) is 3.80. The third-order valence-electron chi connectivity index (χ3n) is 3.80. The zero-order valence-corrected chi connectivity index (χ0v) is 9.84. The fourth-order valence-electron chi connectivity index (χ4n) is 3.06. The topological polar surface area (TPSA) is 58.1 Å². The normalized spacial score (nSPS) is 31.6. The van der Waals surface area contributed by atoms with Gasteiger partial charge in [0.15, 0.2) is 0 Å². The van der Waals surface area contributed by atoms with Gasteiger partial charge in [-0.1, -0.05) is 0 Å². The Hall–Kier alpha value is -1.49. The highest BCUT2D eigenvalue weighted by molar-refractivity contribution is 5.92. The second kappa shape index (κ2) is 4.07. The highest BCUT2D eigenvalue weighted by atomic mass is 16.2. The number of hydrogen-bond acceptors (Lipinski definition) is 4. The van der Waals surface area contributed by atoms with E-state index in [9.17, 15) is 4.79 Å². The molecular weight excluding hydrogens is 216 g/mol. The van der Waals surface area contributed by atoms with Crippen molar-refractivity contribution in [3.63, 3.8) is 0 Å². The lowest BCUT2D eigenvalue weighted by Gasteiger charge is -2.27. The summed E-state index contributed by atoms with van der Waals surface area (Å²) in [6.45, 7) is 4.05. The quantitative estimate of drug-likeness (QED) is 0.756. The third kappa shape index (κ3) is 1.70. The van der Waals surface area contributed by atoms with Crippen molar-refractivity contribution in [1.29, 1.82) is 0 Å². The minimum atomic E-state index is 0.0156. The Bertz CT molecular complexity index is 422. The lowest BCUT2D eigenvalue weighted by Crippen LogP contribution is -2.43. The zero-order chi connectivity index (χ0) is 11.8. The van der Waals surface area contributed by atoms with E-state index in [1.54, 1.807) is 18.6 Å². The van der Waals surface area contributed by atoms with Gasteiger partial charge >= 0.3 is 0 Å². The number of carbonyl (C=O) groups is 1. The summed E-state index contributed by atoms with van der Waals surface area (Å²) in [4.78, 5) is 22.4. The molecule has 3 atom stereocenters. The monoisotopic (exact) mass is 232 g/mol. The van der Waals surface area contributed by atoms with Crippen LogP contribution in [0.25, 0.3) is 0 Å². The van der Waals surface area contributed by atoms with Crippen LogP contribution in [0.2, 0.25) is 0 Å². The molecule has 0 aliphatic carbocycles. The van der Waals surface area contributed by atoms with Crippen LogP contribution in [0.5, 0.6) is 0 Å². The number of nitrogens with one attached hydrogen (secondary N) is 1. The van der Waals surface area contributed by atoms with Crippen LogP contribution in [0.3, 0.4) is 0 Å². The molecule has 5 heteroatoms. The molecule has 1 N–H and O–H groups in total. The van der Waals surface area contributed by atoms with Gasteiger partial charge in [-0.15, -0.1) is 0 Å². The first-order chi connectivity index (χ1) is 8.27. The van der Waals surface area contributed by atoms with Gasteiger partial charge in [0, 0.05) is 37.6 Å². The number of likely N-dealkylation sites (tertiary alicyclic amines) is 1. The molecule has 1 amide bonds. The fraction of sp³-hybridized carbons (Fsp3) is 0.583. The second-order valence-electron chi connectivity index (χ2n) is 4.87. The number of hydrogen-bond donors (Lipinski definition) is 1. The van der Waals surface area contributed by atoms with Crippen molar-refractivity contribution in [3.8, 4) is 0 Å². The van der Waals surface area contributed by atoms with Crippen LogP contribution >= 0.6 is 0 Å². The molecule has 0 spiro atoms. The number of fused-ring (bicyclic) bond motifs is 1. The van der Waals surface area contributed by atoms with Crippen molar-refractivity contribution in [3.05, 3.63) is 24.3 Å². The van der Waals surface area contributed by atoms with Crippen molar-refractivity contribution in [2.75, 3.05) is 13.1 Å². The van der Waals surface area contributed by atoms with E-state index in [1.165, 1.54) is 0 Å². The first kappa shape index (κ1) is 10.7. The molecule has 0 radical (unpaired) electrons. The molecule has 17 heavy (non-hydrogen) atoms. The van der Waals surface area contributed by atoms with Crippen molar-refractivity contribution < 1.29 is 4.79 Å². The number of amides is 1. The van der Waals surface area contributed by atoms with E-state index in [2.05, 4.69) is 22.2 Å². The fourth-order valence-corrected chi connectivity index (χ4v) is 3.06. The molecule has 1 aromatic rings. The SMILES string of the molecule is CC1CC2CNCC2N1C(=O)c1cnccn1. The molecule has 2 saturated heterocycles. The highest BCUT2D eigenvalue weighted by Crippen LogP contribution is 2.32. The number of aromatic nitrogens is 2. The molecule has 5 nitrogen and oxygen atoms in total. The van der Waals surface area contributed by atoms with E-state index in [0.29, 0.717) is 23.7 Å². The molecule has 0 bridgehead atoms. The zero-order valence-electron chi connectivity index (χ0n) is 9.84. The van der Waals surface area contributed by atoms with Crippen LogP contribution in [0.4, 0.5) is 0 Å². The molecule has 3 rings (SSSR count). The van der Waals surface area contributed by atoms with Gasteiger partial charge in [0.2, 0.25) is 0 Å². The molecular formula is C12H16N4O.